The number of benzene rings is 1. The highest BCUT2D eigenvalue weighted by Crippen LogP contribution is 2.40. The van der Waals surface area contributed by atoms with Crippen LogP contribution < -0.4 is 14.8 Å². The number of hydrogen-bond donors (Lipinski definition) is 2. The normalized spacial score (nSPS) is 27.6. The molecule has 2 N–H and O–H groups in total. The first-order valence-corrected chi connectivity index (χ1v) is 9.22. The lowest BCUT2D eigenvalue weighted by Crippen LogP contribution is -2.25. The first-order valence-electron chi connectivity index (χ1n) is 8.06. The minimum absolute atomic E-state index is 0.00237. The molecule has 0 amide bonds. The number of methoxy groups -OCH3 is 1. The van der Waals surface area contributed by atoms with Gasteiger partial charge in [0, 0.05) is 23.9 Å². The van der Waals surface area contributed by atoms with Crippen LogP contribution in [0.4, 0.5) is 0 Å². The van der Waals surface area contributed by atoms with Crippen LogP contribution in [-0.2, 0) is 4.79 Å². The summed E-state index contributed by atoms with van der Waals surface area (Å²) in [5.74, 6) is 2.60. The Morgan fingerprint density at radius 2 is 2.30 bits per heavy atom. The van der Waals surface area contributed by atoms with Gasteiger partial charge in [0.25, 0.3) is 0 Å². The number of para-hydroxylation sites is 1. The summed E-state index contributed by atoms with van der Waals surface area (Å²) in [6, 6.07) is 5.85. The molecule has 2 aliphatic heterocycles. The van der Waals surface area contributed by atoms with Gasteiger partial charge in [0.05, 0.1) is 13.0 Å². The average molecular weight is 337 g/mol. The van der Waals surface area contributed by atoms with Gasteiger partial charge in [0.15, 0.2) is 11.5 Å². The predicted octanol–water partition coefficient (Wildman–Crippen LogP) is 2.70. The van der Waals surface area contributed by atoms with E-state index in [9.17, 15) is 9.90 Å². The van der Waals surface area contributed by atoms with E-state index in [4.69, 9.17) is 9.47 Å². The van der Waals surface area contributed by atoms with E-state index in [1.165, 1.54) is 12.2 Å². The minimum atomic E-state index is -0.742. The van der Waals surface area contributed by atoms with Gasteiger partial charge in [-0.05, 0) is 31.1 Å². The maximum absolute atomic E-state index is 11.2. The molecule has 2 saturated heterocycles. The van der Waals surface area contributed by atoms with Crippen LogP contribution >= 0.6 is 11.8 Å². The lowest BCUT2D eigenvalue weighted by atomic mass is 9.99. The van der Waals surface area contributed by atoms with E-state index in [0.717, 1.165) is 29.2 Å². The van der Waals surface area contributed by atoms with Gasteiger partial charge < -0.3 is 19.9 Å². The minimum Gasteiger partial charge on any atom is -0.493 e. The summed E-state index contributed by atoms with van der Waals surface area (Å²) in [6.07, 6.45) is 3.00. The van der Waals surface area contributed by atoms with Crippen molar-refractivity contribution in [3.63, 3.8) is 0 Å². The average Bonchev–Trinajstić information content (AvgIpc) is 3.06. The predicted molar refractivity (Wildman–Crippen MR) is 90.5 cm³/mol. The molecule has 0 saturated carbocycles. The van der Waals surface area contributed by atoms with Crippen molar-refractivity contribution < 1.29 is 19.4 Å². The number of nitrogens with one attached hydrogen (secondary N) is 1. The summed E-state index contributed by atoms with van der Waals surface area (Å²) >= 11 is 1.92. The number of carboxylic acids is 1. The van der Waals surface area contributed by atoms with Crippen LogP contribution in [0.15, 0.2) is 18.2 Å². The number of rotatable bonds is 5. The fourth-order valence-corrected chi connectivity index (χ4v) is 4.26. The number of carboxylic acid groups (broad SMARTS) is 1. The fourth-order valence-electron chi connectivity index (χ4n) is 3.23. The molecule has 5 nitrogen and oxygen atoms in total. The monoisotopic (exact) mass is 337 g/mol. The van der Waals surface area contributed by atoms with Crippen LogP contribution in [0.5, 0.6) is 11.5 Å². The topological polar surface area (TPSA) is 67.8 Å². The van der Waals surface area contributed by atoms with E-state index in [1.807, 2.05) is 30.0 Å². The number of hydrogen-bond acceptors (Lipinski definition) is 5. The summed E-state index contributed by atoms with van der Waals surface area (Å²) in [5.41, 5.74) is 1.00. The van der Waals surface area contributed by atoms with Crippen molar-refractivity contribution in [2.75, 3.05) is 25.2 Å². The Kier molecular flexibility index (Phi) is 5.33. The van der Waals surface area contributed by atoms with Gasteiger partial charge in [-0.3, -0.25) is 4.79 Å². The zero-order valence-corrected chi connectivity index (χ0v) is 14.1. The zero-order valence-electron chi connectivity index (χ0n) is 13.3. The first-order chi connectivity index (χ1) is 11.2. The Morgan fingerprint density at radius 3 is 2.96 bits per heavy atom. The van der Waals surface area contributed by atoms with Crippen LogP contribution in [0.3, 0.4) is 0 Å². The summed E-state index contributed by atoms with van der Waals surface area (Å²) < 4.78 is 11.8. The highest BCUT2D eigenvalue weighted by atomic mass is 32.2. The van der Waals surface area contributed by atoms with Crippen LogP contribution in [0.2, 0.25) is 0 Å². The number of aliphatic carboxylic acids is 1. The van der Waals surface area contributed by atoms with Gasteiger partial charge in [-0.25, -0.2) is 0 Å². The quantitative estimate of drug-likeness (QED) is 0.861. The summed E-state index contributed by atoms with van der Waals surface area (Å²) in [5, 5.41) is 12.5. The van der Waals surface area contributed by atoms with Gasteiger partial charge in [-0.2, -0.15) is 11.8 Å². The lowest BCUT2D eigenvalue weighted by Gasteiger charge is -2.26. The van der Waals surface area contributed by atoms with Crippen LogP contribution in [0, 0.1) is 5.92 Å². The van der Waals surface area contributed by atoms with Crippen molar-refractivity contribution in [1.82, 2.24) is 5.32 Å². The summed E-state index contributed by atoms with van der Waals surface area (Å²) in [7, 11) is 1.64. The highest BCUT2D eigenvalue weighted by Gasteiger charge is 2.33. The molecule has 0 bridgehead atoms. The van der Waals surface area contributed by atoms with Gasteiger partial charge in [0.1, 0.15) is 6.10 Å². The van der Waals surface area contributed by atoms with Gasteiger partial charge in [0.2, 0.25) is 0 Å². The number of carbonyl (C=O) groups is 1. The summed E-state index contributed by atoms with van der Waals surface area (Å²) in [4.78, 5) is 11.2. The third-order valence-electron chi connectivity index (χ3n) is 4.49. The van der Waals surface area contributed by atoms with Crippen molar-refractivity contribution in [2.24, 2.45) is 5.92 Å². The molecule has 0 radical (unpaired) electrons. The van der Waals surface area contributed by atoms with E-state index in [0.29, 0.717) is 13.0 Å². The van der Waals surface area contributed by atoms with Crippen molar-refractivity contribution in [1.29, 1.82) is 0 Å². The van der Waals surface area contributed by atoms with Crippen molar-refractivity contribution in [3.8, 4) is 11.5 Å². The molecule has 1 aromatic rings. The van der Waals surface area contributed by atoms with Crippen molar-refractivity contribution in [2.45, 2.75) is 31.4 Å². The molecule has 1 aromatic carbocycles. The van der Waals surface area contributed by atoms with E-state index in [1.54, 1.807) is 7.11 Å². The Morgan fingerprint density at radius 1 is 1.43 bits per heavy atom. The molecular formula is C17H23NO4S. The molecule has 126 valence electrons. The molecular weight excluding hydrogens is 314 g/mol. The third-order valence-corrected chi connectivity index (χ3v) is 5.67. The lowest BCUT2D eigenvalue weighted by molar-refractivity contribution is -0.141. The van der Waals surface area contributed by atoms with Gasteiger partial charge in [-0.1, -0.05) is 12.1 Å². The van der Waals surface area contributed by atoms with Crippen molar-refractivity contribution in [3.05, 3.63) is 23.8 Å². The molecule has 23 heavy (non-hydrogen) atoms. The Labute approximate surface area is 140 Å². The SMILES string of the molecule is COc1cccc(C2CC(C(=O)O)CN2)c1OC1CCCSC1. The second kappa shape index (κ2) is 7.45. The largest absolute Gasteiger partial charge is 0.493 e. The standard InChI is InChI=1S/C17H23NO4S/c1-21-15-6-2-5-13(14-8-11(9-18-14)17(19)20)16(15)22-12-4-3-7-23-10-12/h2,5-6,11-12,14,18H,3-4,7-10H2,1H3,(H,19,20). The first kappa shape index (κ1) is 16.5. The molecule has 2 aliphatic rings. The molecule has 0 aliphatic carbocycles. The highest BCUT2D eigenvalue weighted by molar-refractivity contribution is 7.99. The van der Waals surface area contributed by atoms with E-state index in [2.05, 4.69) is 5.32 Å². The third kappa shape index (κ3) is 3.75. The molecule has 3 unspecified atom stereocenters. The molecule has 0 aromatic heterocycles. The van der Waals surface area contributed by atoms with Gasteiger partial charge in [-0.15, -0.1) is 0 Å². The maximum atomic E-state index is 11.2. The Bertz CT molecular complexity index is 560. The van der Waals surface area contributed by atoms with Crippen molar-refractivity contribution >= 4 is 17.7 Å². The summed E-state index contributed by atoms with van der Waals surface area (Å²) in [6.45, 7) is 0.496. The molecule has 6 heteroatoms. The van der Waals surface area contributed by atoms with E-state index in [-0.39, 0.29) is 18.1 Å². The second-order valence-corrected chi connectivity index (χ2v) is 7.22. The van der Waals surface area contributed by atoms with Crippen LogP contribution in [0.1, 0.15) is 30.9 Å². The molecule has 3 atom stereocenters. The van der Waals surface area contributed by atoms with Crippen LogP contribution in [-0.4, -0.2) is 42.3 Å². The zero-order chi connectivity index (χ0) is 16.2. The van der Waals surface area contributed by atoms with E-state index < -0.39 is 5.97 Å². The number of thioether (sulfide) groups is 1. The molecule has 2 fully saturated rings. The molecule has 0 spiro atoms. The van der Waals surface area contributed by atoms with Gasteiger partial charge >= 0.3 is 5.97 Å². The smallest absolute Gasteiger partial charge is 0.307 e. The Balaban J connectivity index is 1.83. The Hall–Kier alpha value is -1.40. The fraction of sp³-hybridized carbons (Fsp3) is 0.588. The molecule has 2 heterocycles. The van der Waals surface area contributed by atoms with E-state index >= 15 is 0 Å². The molecule has 3 rings (SSSR count). The maximum Gasteiger partial charge on any atom is 0.307 e. The van der Waals surface area contributed by atoms with Crippen LogP contribution in [0.25, 0.3) is 0 Å². The number of ether oxygens (including phenoxy) is 2. The second-order valence-electron chi connectivity index (χ2n) is 6.07.